The number of hydrogen-bond acceptors (Lipinski definition) is 3. The predicted molar refractivity (Wildman–Crippen MR) is 74.7 cm³/mol. The van der Waals surface area contributed by atoms with E-state index < -0.39 is 24.6 Å². The van der Waals surface area contributed by atoms with Crippen LogP contribution in [0.25, 0.3) is 0 Å². The second-order valence-electron chi connectivity index (χ2n) is 5.48. The van der Waals surface area contributed by atoms with Crippen LogP contribution in [-0.2, 0) is 6.54 Å². The zero-order valence-electron chi connectivity index (χ0n) is 12.6. The second kappa shape index (κ2) is 7.06. The number of halogens is 4. The number of alkyl halides is 3. The van der Waals surface area contributed by atoms with Crippen molar-refractivity contribution in [3.8, 4) is 0 Å². The average molecular weight is 307 g/mol. The first-order valence-electron chi connectivity index (χ1n) is 6.82. The van der Waals surface area contributed by atoms with Crippen LogP contribution in [0.3, 0.4) is 0 Å². The fourth-order valence-corrected chi connectivity index (χ4v) is 1.82. The van der Waals surface area contributed by atoms with Crippen LogP contribution in [0.1, 0.15) is 33.3 Å². The zero-order chi connectivity index (χ0) is 16.2. The maximum Gasteiger partial charge on any atom is 0.405 e. The summed E-state index contributed by atoms with van der Waals surface area (Å²) in [7, 11) is 0. The third kappa shape index (κ3) is 5.49. The van der Waals surface area contributed by atoms with Gasteiger partial charge in [0.2, 0.25) is 0 Å². The first kappa shape index (κ1) is 17.7. The van der Waals surface area contributed by atoms with Gasteiger partial charge >= 0.3 is 6.18 Å². The van der Waals surface area contributed by atoms with E-state index in [-0.39, 0.29) is 18.4 Å². The smallest absolute Gasteiger partial charge is 0.343 e. The van der Waals surface area contributed by atoms with E-state index in [2.05, 4.69) is 10.3 Å². The molecule has 0 spiro atoms. The number of rotatable bonds is 6. The van der Waals surface area contributed by atoms with Crippen LogP contribution in [-0.4, -0.2) is 29.8 Å². The van der Waals surface area contributed by atoms with Gasteiger partial charge in [-0.1, -0.05) is 13.8 Å². The Morgan fingerprint density at radius 2 is 1.86 bits per heavy atom. The molecule has 0 bridgehead atoms. The highest BCUT2D eigenvalue weighted by molar-refractivity contribution is 5.44. The van der Waals surface area contributed by atoms with Gasteiger partial charge in [0, 0.05) is 30.4 Å². The Morgan fingerprint density at radius 1 is 1.24 bits per heavy atom. The van der Waals surface area contributed by atoms with Crippen molar-refractivity contribution < 1.29 is 17.6 Å². The molecular formula is C14H21F4N3. The minimum Gasteiger partial charge on any atom is -0.343 e. The molecule has 120 valence electrons. The molecule has 0 aromatic carbocycles. The number of aromatic nitrogens is 1. The molecule has 0 aliphatic carbocycles. The summed E-state index contributed by atoms with van der Waals surface area (Å²) in [6.45, 7) is 5.98. The number of hydrogen-bond donors (Lipinski definition) is 1. The molecule has 0 saturated carbocycles. The van der Waals surface area contributed by atoms with Crippen molar-refractivity contribution in [2.75, 3.05) is 11.4 Å². The van der Waals surface area contributed by atoms with Gasteiger partial charge in [0.15, 0.2) is 11.6 Å². The molecule has 1 heterocycles. The van der Waals surface area contributed by atoms with E-state index in [9.17, 15) is 17.6 Å². The molecule has 0 fully saturated rings. The van der Waals surface area contributed by atoms with E-state index in [1.807, 2.05) is 13.8 Å². The summed E-state index contributed by atoms with van der Waals surface area (Å²) in [4.78, 5) is 4.72. The van der Waals surface area contributed by atoms with Gasteiger partial charge in [0.1, 0.15) is 6.54 Å². The van der Waals surface area contributed by atoms with Gasteiger partial charge in [-0.2, -0.15) is 13.2 Å². The van der Waals surface area contributed by atoms with Crippen LogP contribution >= 0.6 is 0 Å². The Labute approximate surface area is 122 Å². The van der Waals surface area contributed by atoms with E-state index in [4.69, 9.17) is 0 Å². The maximum absolute atomic E-state index is 14.4. The summed E-state index contributed by atoms with van der Waals surface area (Å²) in [5, 5.41) is 3.04. The lowest BCUT2D eigenvalue weighted by atomic mass is 10.2. The molecule has 0 radical (unpaired) electrons. The quantitative estimate of drug-likeness (QED) is 0.815. The third-order valence-corrected chi connectivity index (χ3v) is 2.90. The van der Waals surface area contributed by atoms with Crippen molar-refractivity contribution in [2.24, 2.45) is 0 Å². The number of nitrogens with zero attached hydrogens (tertiary/aromatic N) is 2. The molecule has 0 saturated heterocycles. The normalized spacial score (nSPS) is 12.3. The van der Waals surface area contributed by atoms with Crippen molar-refractivity contribution in [2.45, 2.75) is 52.5 Å². The first-order chi connectivity index (χ1) is 9.61. The summed E-state index contributed by atoms with van der Waals surface area (Å²) in [5.41, 5.74) is 0.307. The monoisotopic (exact) mass is 307 g/mol. The average Bonchev–Trinajstić information content (AvgIpc) is 2.33. The second-order valence-corrected chi connectivity index (χ2v) is 5.48. The Balaban J connectivity index is 3.06. The summed E-state index contributed by atoms with van der Waals surface area (Å²) in [6, 6.07) is 1.11. The molecule has 0 atom stereocenters. The van der Waals surface area contributed by atoms with Crippen LogP contribution in [0.4, 0.5) is 23.4 Å². The van der Waals surface area contributed by atoms with E-state index in [1.165, 1.54) is 12.3 Å². The van der Waals surface area contributed by atoms with Crippen molar-refractivity contribution in [1.82, 2.24) is 10.3 Å². The molecule has 21 heavy (non-hydrogen) atoms. The number of anilines is 1. The van der Waals surface area contributed by atoms with Gasteiger partial charge in [-0.15, -0.1) is 0 Å². The predicted octanol–water partition coefficient (Wildman–Crippen LogP) is 3.50. The molecule has 0 aliphatic heterocycles. The van der Waals surface area contributed by atoms with Crippen LogP contribution in [0.2, 0.25) is 0 Å². The molecule has 1 aromatic heterocycles. The highest BCUT2D eigenvalue weighted by atomic mass is 19.4. The van der Waals surface area contributed by atoms with Gasteiger partial charge in [0.25, 0.3) is 0 Å². The van der Waals surface area contributed by atoms with Gasteiger partial charge in [-0.3, -0.25) is 0 Å². The number of nitrogens with one attached hydrogen (secondary N) is 1. The molecule has 7 heteroatoms. The van der Waals surface area contributed by atoms with Crippen LogP contribution < -0.4 is 10.2 Å². The lowest BCUT2D eigenvalue weighted by Crippen LogP contribution is -2.40. The molecule has 3 nitrogen and oxygen atoms in total. The van der Waals surface area contributed by atoms with E-state index in [0.717, 1.165) is 4.90 Å². The Hall–Kier alpha value is -1.37. The standard InChI is InChI=1S/C14H21F4N3/c1-9(2)20-7-11-5-6-19-13(12(11)15)21(10(3)4)8-14(16,17)18/h5-6,9-10,20H,7-8H2,1-4H3. The van der Waals surface area contributed by atoms with Gasteiger partial charge in [-0.25, -0.2) is 9.37 Å². The molecular weight excluding hydrogens is 286 g/mol. The van der Waals surface area contributed by atoms with E-state index in [1.54, 1.807) is 13.8 Å². The molecule has 0 aliphatic rings. The largest absolute Gasteiger partial charge is 0.405 e. The van der Waals surface area contributed by atoms with Crippen LogP contribution in [0.15, 0.2) is 12.3 Å². The SMILES string of the molecule is CC(C)NCc1ccnc(N(CC(F)(F)F)C(C)C)c1F. The Morgan fingerprint density at radius 3 is 2.33 bits per heavy atom. The summed E-state index contributed by atoms with van der Waals surface area (Å²) < 4.78 is 52.3. The van der Waals surface area contributed by atoms with Crippen molar-refractivity contribution in [3.05, 3.63) is 23.6 Å². The first-order valence-corrected chi connectivity index (χ1v) is 6.82. The minimum atomic E-state index is -4.41. The Kier molecular flexibility index (Phi) is 5.95. The van der Waals surface area contributed by atoms with Gasteiger partial charge < -0.3 is 10.2 Å². The Bertz CT molecular complexity index is 458. The summed E-state index contributed by atoms with van der Waals surface area (Å²) in [5.74, 6) is -0.964. The van der Waals surface area contributed by atoms with Crippen LogP contribution in [0, 0.1) is 5.82 Å². The topological polar surface area (TPSA) is 28.2 Å². The van der Waals surface area contributed by atoms with Gasteiger partial charge in [0.05, 0.1) is 0 Å². The molecule has 1 aromatic rings. The van der Waals surface area contributed by atoms with Crippen molar-refractivity contribution in [1.29, 1.82) is 0 Å². The lowest BCUT2D eigenvalue weighted by Gasteiger charge is -2.29. The molecule has 0 amide bonds. The lowest BCUT2D eigenvalue weighted by molar-refractivity contribution is -0.120. The highest BCUT2D eigenvalue weighted by Crippen LogP contribution is 2.26. The highest BCUT2D eigenvalue weighted by Gasteiger charge is 2.33. The maximum atomic E-state index is 14.4. The molecule has 1 N–H and O–H groups in total. The summed E-state index contributed by atoms with van der Waals surface area (Å²) >= 11 is 0. The van der Waals surface area contributed by atoms with Crippen LogP contribution in [0.5, 0.6) is 0 Å². The van der Waals surface area contributed by atoms with E-state index >= 15 is 0 Å². The molecule has 0 unspecified atom stereocenters. The van der Waals surface area contributed by atoms with E-state index in [0.29, 0.717) is 5.56 Å². The summed E-state index contributed by atoms with van der Waals surface area (Å²) in [6.07, 6.45) is -3.08. The van der Waals surface area contributed by atoms with Gasteiger partial charge in [-0.05, 0) is 19.9 Å². The minimum absolute atomic E-state index is 0.150. The van der Waals surface area contributed by atoms with Crippen molar-refractivity contribution >= 4 is 5.82 Å². The number of pyridine rings is 1. The zero-order valence-corrected chi connectivity index (χ0v) is 12.6. The van der Waals surface area contributed by atoms with Crippen molar-refractivity contribution in [3.63, 3.8) is 0 Å². The molecule has 1 rings (SSSR count). The fourth-order valence-electron chi connectivity index (χ4n) is 1.82. The fraction of sp³-hybridized carbons (Fsp3) is 0.643. The third-order valence-electron chi connectivity index (χ3n) is 2.90.